The summed E-state index contributed by atoms with van der Waals surface area (Å²) in [7, 11) is 0.734. The van der Waals surface area contributed by atoms with E-state index in [1.165, 1.54) is 0 Å². The van der Waals surface area contributed by atoms with Gasteiger partial charge in [-0.1, -0.05) is 6.07 Å². The number of carbonyl (C=O) groups is 1. The van der Waals surface area contributed by atoms with Crippen molar-refractivity contribution in [2.75, 3.05) is 7.11 Å². The number of aliphatic hydroxyl groups excluding tert-OH is 1. The quantitative estimate of drug-likeness (QED) is 0.841. The Morgan fingerprint density at radius 2 is 1.57 bits per heavy atom. The SMILES string of the molecule is COc1ccc(C(O)C(=O)O)c(C(F)(F)F)c1C(F)(F)F. The van der Waals surface area contributed by atoms with E-state index in [1.54, 1.807) is 0 Å². The van der Waals surface area contributed by atoms with E-state index in [9.17, 15) is 36.2 Å². The van der Waals surface area contributed by atoms with Crippen LogP contribution >= 0.6 is 0 Å². The molecular weight excluding hydrogens is 310 g/mol. The molecule has 1 atom stereocenters. The fourth-order valence-corrected chi connectivity index (χ4v) is 1.72. The number of benzene rings is 1. The van der Waals surface area contributed by atoms with Crippen molar-refractivity contribution in [3.05, 3.63) is 28.8 Å². The lowest BCUT2D eigenvalue weighted by atomic mass is 9.95. The average Bonchev–Trinajstić information content (AvgIpc) is 2.33. The predicted octanol–water partition coefficient (Wildman–Crippen LogP) is 2.85. The van der Waals surface area contributed by atoms with Gasteiger partial charge in [-0.3, -0.25) is 0 Å². The Morgan fingerprint density at radius 3 is 1.90 bits per heavy atom. The molecule has 4 nitrogen and oxygen atoms in total. The number of rotatable bonds is 3. The number of methoxy groups -OCH3 is 1. The van der Waals surface area contributed by atoms with Crippen molar-refractivity contribution in [3.63, 3.8) is 0 Å². The topological polar surface area (TPSA) is 66.8 Å². The van der Waals surface area contributed by atoms with E-state index < -0.39 is 46.9 Å². The van der Waals surface area contributed by atoms with Gasteiger partial charge in [0, 0.05) is 5.56 Å². The molecule has 21 heavy (non-hydrogen) atoms. The standard InChI is InChI=1S/C11H8F6O4/c1-21-5-3-2-4(8(18)9(19)20)6(10(12,13)14)7(5)11(15,16)17/h2-3,8,18H,1H3,(H,19,20). The lowest BCUT2D eigenvalue weighted by Crippen LogP contribution is -2.23. The maximum Gasteiger partial charge on any atom is 0.420 e. The van der Waals surface area contributed by atoms with Crippen LogP contribution in [0, 0.1) is 0 Å². The number of halogens is 6. The van der Waals surface area contributed by atoms with E-state index in [0.717, 1.165) is 7.11 Å². The zero-order chi connectivity index (χ0) is 16.6. The van der Waals surface area contributed by atoms with Gasteiger partial charge in [0.05, 0.1) is 12.7 Å². The molecule has 1 aromatic rings. The Bertz CT molecular complexity index is 549. The summed E-state index contributed by atoms with van der Waals surface area (Å²) < 4.78 is 81.6. The first-order valence-electron chi connectivity index (χ1n) is 5.17. The molecule has 0 aliphatic heterocycles. The molecule has 0 aliphatic carbocycles. The van der Waals surface area contributed by atoms with Crippen LogP contribution < -0.4 is 4.74 Å². The van der Waals surface area contributed by atoms with Gasteiger partial charge in [-0.05, 0) is 6.07 Å². The number of hydrogen-bond donors (Lipinski definition) is 2. The van der Waals surface area contributed by atoms with Crippen molar-refractivity contribution in [3.8, 4) is 5.75 Å². The van der Waals surface area contributed by atoms with E-state index in [-0.39, 0.29) is 0 Å². The molecule has 0 spiro atoms. The number of aliphatic carboxylic acids is 1. The molecule has 0 radical (unpaired) electrons. The smallest absolute Gasteiger partial charge is 0.420 e. The van der Waals surface area contributed by atoms with Crippen LogP contribution in [-0.4, -0.2) is 23.3 Å². The third-order valence-corrected chi connectivity index (χ3v) is 2.51. The second kappa shape index (κ2) is 5.43. The Labute approximate surface area is 113 Å². The molecule has 0 saturated heterocycles. The van der Waals surface area contributed by atoms with Crippen LogP contribution in [-0.2, 0) is 17.1 Å². The highest BCUT2D eigenvalue weighted by atomic mass is 19.4. The van der Waals surface area contributed by atoms with Crippen molar-refractivity contribution in [2.24, 2.45) is 0 Å². The van der Waals surface area contributed by atoms with Crippen molar-refractivity contribution in [2.45, 2.75) is 18.5 Å². The Hall–Kier alpha value is -1.97. The molecule has 0 fully saturated rings. The normalized spacial score (nSPS) is 13.9. The van der Waals surface area contributed by atoms with E-state index >= 15 is 0 Å². The summed E-state index contributed by atoms with van der Waals surface area (Å²) in [5, 5.41) is 17.7. The van der Waals surface area contributed by atoms with Crippen LogP contribution in [0.15, 0.2) is 12.1 Å². The summed E-state index contributed by atoms with van der Waals surface area (Å²) in [6, 6.07) is 0.940. The number of carboxylic acid groups (broad SMARTS) is 1. The van der Waals surface area contributed by atoms with Crippen LogP contribution in [0.5, 0.6) is 5.75 Å². The fraction of sp³-hybridized carbons (Fsp3) is 0.364. The fourth-order valence-electron chi connectivity index (χ4n) is 1.72. The van der Waals surface area contributed by atoms with Crippen molar-refractivity contribution in [1.82, 2.24) is 0 Å². The van der Waals surface area contributed by atoms with Gasteiger partial charge in [0.1, 0.15) is 11.3 Å². The monoisotopic (exact) mass is 318 g/mol. The van der Waals surface area contributed by atoms with Crippen molar-refractivity contribution >= 4 is 5.97 Å². The maximum atomic E-state index is 12.9. The second-order valence-corrected chi connectivity index (χ2v) is 3.84. The van der Waals surface area contributed by atoms with Crippen LogP contribution in [0.3, 0.4) is 0 Å². The molecule has 1 rings (SSSR count). The van der Waals surface area contributed by atoms with Gasteiger partial charge in [-0.2, -0.15) is 26.3 Å². The molecule has 0 aromatic heterocycles. The van der Waals surface area contributed by atoms with Crippen LogP contribution in [0.4, 0.5) is 26.3 Å². The number of aliphatic hydroxyl groups is 1. The summed E-state index contributed by atoms with van der Waals surface area (Å²) in [6.07, 6.45) is -13.7. The van der Waals surface area contributed by atoms with Crippen LogP contribution in [0.2, 0.25) is 0 Å². The van der Waals surface area contributed by atoms with E-state index in [4.69, 9.17) is 5.11 Å². The Kier molecular flexibility index (Phi) is 4.42. The summed E-state index contributed by atoms with van der Waals surface area (Å²) in [5.74, 6) is -3.24. The molecule has 118 valence electrons. The lowest BCUT2D eigenvalue weighted by Gasteiger charge is -2.22. The molecular formula is C11H8F6O4. The Balaban J connectivity index is 3.82. The predicted molar refractivity (Wildman–Crippen MR) is 55.6 cm³/mol. The van der Waals surface area contributed by atoms with E-state index in [2.05, 4.69) is 4.74 Å². The van der Waals surface area contributed by atoms with Gasteiger partial charge in [0.15, 0.2) is 6.10 Å². The molecule has 2 N–H and O–H groups in total. The maximum absolute atomic E-state index is 12.9. The summed E-state index contributed by atoms with van der Waals surface area (Å²) in [6.45, 7) is 0. The minimum Gasteiger partial charge on any atom is -0.496 e. The first-order chi connectivity index (χ1) is 9.41. The van der Waals surface area contributed by atoms with Crippen LogP contribution in [0.1, 0.15) is 22.8 Å². The number of hydrogen-bond acceptors (Lipinski definition) is 3. The molecule has 1 aromatic carbocycles. The van der Waals surface area contributed by atoms with E-state index in [0.29, 0.717) is 12.1 Å². The zero-order valence-electron chi connectivity index (χ0n) is 10.2. The molecule has 0 bridgehead atoms. The van der Waals surface area contributed by atoms with Gasteiger partial charge in [-0.25, -0.2) is 4.79 Å². The minimum atomic E-state index is -5.54. The largest absolute Gasteiger partial charge is 0.496 e. The highest BCUT2D eigenvalue weighted by Crippen LogP contribution is 2.47. The van der Waals surface area contributed by atoms with E-state index in [1.807, 2.05) is 0 Å². The lowest BCUT2D eigenvalue weighted by molar-refractivity contribution is -0.165. The first-order valence-corrected chi connectivity index (χ1v) is 5.17. The third-order valence-electron chi connectivity index (χ3n) is 2.51. The summed E-state index contributed by atoms with van der Waals surface area (Å²) >= 11 is 0. The Morgan fingerprint density at radius 1 is 1.10 bits per heavy atom. The molecule has 0 aliphatic rings. The number of carboxylic acids is 1. The van der Waals surface area contributed by atoms with Gasteiger partial charge in [0.2, 0.25) is 0 Å². The molecule has 0 amide bonds. The summed E-state index contributed by atoms with van der Waals surface area (Å²) in [4.78, 5) is 10.6. The van der Waals surface area contributed by atoms with Gasteiger partial charge in [0.25, 0.3) is 0 Å². The molecule has 10 heteroatoms. The van der Waals surface area contributed by atoms with Crippen molar-refractivity contribution < 1.29 is 46.1 Å². The van der Waals surface area contributed by atoms with Crippen LogP contribution in [0.25, 0.3) is 0 Å². The number of ether oxygens (including phenoxy) is 1. The van der Waals surface area contributed by atoms with Gasteiger partial charge >= 0.3 is 18.3 Å². The zero-order valence-corrected chi connectivity index (χ0v) is 10.2. The molecule has 0 heterocycles. The third kappa shape index (κ3) is 3.38. The number of alkyl halides is 6. The van der Waals surface area contributed by atoms with Gasteiger partial charge < -0.3 is 14.9 Å². The first kappa shape index (κ1) is 17.1. The highest BCUT2D eigenvalue weighted by Gasteiger charge is 2.48. The highest BCUT2D eigenvalue weighted by molar-refractivity contribution is 5.75. The second-order valence-electron chi connectivity index (χ2n) is 3.84. The minimum absolute atomic E-state index is 0.426. The average molecular weight is 318 g/mol. The van der Waals surface area contributed by atoms with Crippen molar-refractivity contribution in [1.29, 1.82) is 0 Å². The summed E-state index contributed by atoms with van der Waals surface area (Å²) in [5.41, 5.74) is -5.89. The van der Waals surface area contributed by atoms with Gasteiger partial charge in [-0.15, -0.1) is 0 Å². The molecule has 0 saturated carbocycles. The molecule has 1 unspecified atom stereocenters.